The lowest BCUT2D eigenvalue weighted by molar-refractivity contribution is -0.119. The van der Waals surface area contributed by atoms with Crippen LogP contribution >= 0.6 is 11.6 Å². The van der Waals surface area contributed by atoms with E-state index >= 15 is 0 Å². The Labute approximate surface area is 129 Å². The van der Waals surface area contributed by atoms with E-state index in [-0.39, 0.29) is 6.54 Å². The lowest BCUT2D eigenvalue weighted by Gasteiger charge is -2.23. The third-order valence-electron chi connectivity index (χ3n) is 2.60. The van der Waals surface area contributed by atoms with Gasteiger partial charge in [0.1, 0.15) is 6.54 Å². The van der Waals surface area contributed by atoms with E-state index < -0.39 is 15.9 Å². The molecule has 0 fully saturated rings. The van der Waals surface area contributed by atoms with Gasteiger partial charge in [0.2, 0.25) is 10.0 Å². The summed E-state index contributed by atoms with van der Waals surface area (Å²) in [6, 6.07) is 4.89. The van der Waals surface area contributed by atoms with E-state index in [9.17, 15) is 13.2 Å². The number of sulfonamides is 1. The van der Waals surface area contributed by atoms with E-state index in [0.29, 0.717) is 22.0 Å². The molecule has 1 aromatic carbocycles. The Balaban J connectivity index is 3.12. The molecule has 21 heavy (non-hydrogen) atoms. The fourth-order valence-corrected chi connectivity index (χ4v) is 2.66. The molecular formula is C13H18ClN3O3S. The lowest BCUT2D eigenvalue weighted by Crippen LogP contribution is -2.39. The first kappa shape index (κ1) is 17.5. The molecule has 0 atom stereocenters. The number of halogens is 1. The smallest absolute Gasteiger partial charge is 0.260 e. The molecule has 6 nitrogen and oxygen atoms in total. The summed E-state index contributed by atoms with van der Waals surface area (Å²) in [6.45, 7) is 4.77. The van der Waals surface area contributed by atoms with Crippen molar-refractivity contribution in [3.05, 3.63) is 28.8 Å². The number of hydrogen-bond acceptors (Lipinski definition) is 4. The van der Waals surface area contributed by atoms with E-state index in [0.717, 1.165) is 10.6 Å². The van der Waals surface area contributed by atoms with Crippen molar-refractivity contribution < 1.29 is 13.2 Å². The lowest BCUT2D eigenvalue weighted by atomic mass is 10.2. The van der Waals surface area contributed by atoms with Gasteiger partial charge in [-0.15, -0.1) is 0 Å². The standard InChI is InChI=1S/C13H18ClN3O3S/c1-9(2)15-16-13(18)8-17(21(4,19)20)12-7-5-6-11(14)10(12)3/h5-7H,8H2,1-4H3,(H,16,18). The molecular weight excluding hydrogens is 314 g/mol. The first-order valence-corrected chi connectivity index (χ1v) is 8.38. The van der Waals surface area contributed by atoms with Gasteiger partial charge in [0, 0.05) is 10.7 Å². The number of nitrogens with zero attached hydrogens (tertiary/aromatic N) is 2. The van der Waals surface area contributed by atoms with Crippen molar-refractivity contribution in [3.63, 3.8) is 0 Å². The van der Waals surface area contributed by atoms with Crippen LogP contribution in [-0.2, 0) is 14.8 Å². The van der Waals surface area contributed by atoms with Crippen LogP contribution in [0.3, 0.4) is 0 Å². The number of carbonyl (C=O) groups is 1. The van der Waals surface area contributed by atoms with Crippen molar-refractivity contribution >= 4 is 38.9 Å². The highest BCUT2D eigenvalue weighted by Crippen LogP contribution is 2.27. The fraction of sp³-hybridized carbons (Fsp3) is 0.385. The molecule has 0 unspecified atom stereocenters. The Kier molecular flexibility index (Phi) is 5.74. The second kappa shape index (κ2) is 6.91. The van der Waals surface area contributed by atoms with Crippen LogP contribution in [0, 0.1) is 6.92 Å². The van der Waals surface area contributed by atoms with Gasteiger partial charge in [-0.3, -0.25) is 9.10 Å². The third-order valence-corrected chi connectivity index (χ3v) is 4.14. The highest BCUT2D eigenvalue weighted by Gasteiger charge is 2.22. The van der Waals surface area contributed by atoms with Crippen LogP contribution in [0.2, 0.25) is 5.02 Å². The predicted molar refractivity (Wildman–Crippen MR) is 85.3 cm³/mol. The van der Waals surface area contributed by atoms with E-state index in [1.165, 1.54) is 0 Å². The van der Waals surface area contributed by atoms with Gasteiger partial charge in [-0.05, 0) is 38.5 Å². The minimum atomic E-state index is -3.63. The molecule has 0 aliphatic rings. The minimum absolute atomic E-state index is 0.364. The number of hydrazone groups is 1. The van der Waals surface area contributed by atoms with Gasteiger partial charge in [-0.1, -0.05) is 17.7 Å². The second-order valence-corrected chi connectivity index (χ2v) is 7.06. The van der Waals surface area contributed by atoms with Crippen LogP contribution in [0.5, 0.6) is 0 Å². The number of nitrogens with one attached hydrogen (secondary N) is 1. The van der Waals surface area contributed by atoms with Gasteiger partial charge in [0.05, 0.1) is 11.9 Å². The maximum atomic E-state index is 11.9. The first-order chi connectivity index (χ1) is 9.62. The van der Waals surface area contributed by atoms with Gasteiger partial charge in [0.25, 0.3) is 5.91 Å². The second-order valence-electron chi connectivity index (χ2n) is 4.75. The molecule has 1 N–H and O–H groups in total. The van der Waals surface area contributed by atoms with Gasteiger partial charge in [-0.25, -0.2) is 13.8 Å². The maximum Gasteiger partial charge on any atom is 0.260 e. The molecule has 0 aromatic heterocycles. The van der Waals surface area contributed by atoms with Crippen molar-refractivity contribution in [1.29, 1.82) is 0 Å². The fourth-order valence-electron chi connectivity index (χ4n) is 1.59. The number of amides is 1. The molecule has 0 heterocycles. The van der Waals surface area contributed by atoms with E-state index in [1.807, 2.05) is 0 Å². The highest BCUT2D eigenvalue weighted by atomic mass is 35.5. The Bertz CT molecular complexity index is 667. The largest absolute Gasteiger partial charge is 0.271 e. The molecule has 0 radical (unpaired) electrons. The number of carbonyl (C=O) groups excluding carboxylic acids is 1. The van der Waals surface area contributed by atoms with Crippen LogP contribution < -0.4 is 9.73 Å². The maximum absolute atomic E-state index is 11.9. The quantitative estimate of drug-likeness (QED) is 0.661. The summed E-state index contributed by atoms with van der Waals surface area (Å²) in [5, 5.41) is 4.20. The summed E-state index contributed by atoms with van der Waals surface area (Å²) < 4.78 is 24.9. The number of anilines is 1. The summed E-state index contributed by atoms with van der Waals surface area (Å²) in [4.78, 5) is 11.8. The highest BCUT2D eigenvalue weighted by molar-refractivity contribution is 7.92. The molecule has 1 aromatic rings. The summed E-state index contributed by atoms with van der Waals surface area (Å²) in [5.41, 5.74) is 3.92. The van der Waals surface area contributed by atoms with Crippen LogP contribution in [0.1, 0.15) is 19.4 Å². The Morgan fingerprint density at radius 3 is 2.52 bits per heavy atom. The summed E-state index contributed by atoms with van der Waals surface area (Å²) in [6.07, 6.45) is 1.04. The van der Waals surface area contributed by atoms with Gasteiger partial charge < -0.3 is 0 Å². The Morgan fingerprint density at radius 1 is 1.38 bits per heavy atom. The van der Waals surface area contributed by atoms with Crippen molar-refractivity contribution in [2.75, 3.05) is 17.1 Å². The zero-order chi connectivity index (χ0) is 16.2. The average Bonchev–Trinajstić information content (AvgIpc) is 2.36. The van der Waals surface area contributed by atoms with Crippen molar-refractivity contribution in [1.82, 2.24) is 5.43 Å². The molecule has 0 aliphatic carbocycles. The summed E-state index contributed by atoms with van der Waals surface area (Å²) >= 11 is 6.00. The number of rotatable bonds is 5. The van der Waals surface area contributed by atoms with Crippen LogP contribution in [0.25, 0.3) is 0 Å². The number of benzene rings is 1. The van der Waals surface area contributed by atoms with Crippen molar-refractivity contribution in [3.8, 4) is 0 Å². The summed E-state index contributed by atoms with van der Waals surface area (Å²) in [5.74, 6) is -0.527. The first-order valence-electron chi connectivity index (χ1n) is 6.15. The molecule has 116 valence electrons. The topological polar surface area (TPSA) is 78.8 Å². The minimum Gasteiger partial charge on any atom is -0.271 e. The molecule has 1 amide bonds. The molecule has 0 bridgehead atoms. The molecule has 0 aliphatic heterocycles. The molecule has 0 saturated carbocycles. The Morgan fingerprint density at radius 2 is 2.00 bits per heavy atom. The van der Waals surface area contributed by atoms with Gasteiger partial charge >= 0.3 is 0 Å². The van der Waals surface area contributed by atoms with Gasteiger partial charge in [0.15, 0.2) is 0 Å². The normalized spacial score (nSPS) is 10.9. The third kappa shape index (κ3) is 5.02. The molecule has 8 heteroatoms. The van der Waals surface area contributed by atoms with Gasteiger partial charge in [-0.2, -0.15) is 5.10 Å². The van der Waals surface area contributed by atoms with E-state index in [1.54, 1.807) is 39.0 Å². The Hall–Kier alpha value is -1.60. The van der Waals surface area contributed by atoms with E-state index in [2.05, 4.69) is 10.5 Å². The van der Waals surface area contributed by atoms with Crippen molar-refractivity contribution in [2.45, 2.75) is 20.8 Å². The average molecular weight is 332 g/mol. The van der Waals surface area contributed by atoms with Crippen LogP contribution in [-0.4, -0.2) is 32.8 Å². The molecule has 0 saturated heterocycles. The van der Waals surface area contributed by atoms with Crippen LogP contribution in [0.15, 0.2) is 23.3 Å². The van der Waals surface area contributed by atoms with E-state index in [4.69, 9.17) is 11.6 Å². The SMILES string of the molecule is CC(C)=NNC(=O)CN(c1cccc(Cl)c1C)S(C)(=O)=O. The van der Waals surface area contributed by atoms with Crippen molar-refractivity contribution in [2.24, 2.45) is 5.10 Å². The zero-order valence-corrected chi connectivity index (χ0v) is 13.9. The summed E-state index contributed by atoms with van der Waals surface area (Å²) in [7, 11) is -3.63. The number of hydrogen-bond donors (Lipinski definition) is 1. The predicted octanol–water partition coefficient (Wildman–Crippen LogP) is 1.93. The van der Waals surface area contributed by atoms with Crippen LogP contribution in [0.4, 0.5) is 5.69 Å². The molecule has 1 rings (SSSR count). The monoisotopic (exact) mass is 331 g/mol. The zero-order valence-electron chi connectivity index (χ0n) is 12.3. The molecule has 0 spiro atoms.